The fraction of sp³-hybridized carbons (Fsp3) is 0.909. The summed E-state index contributed by atoms with van der Waals surface area (Å²) >= 11 is 0. The van der Waals surface area contributed by atoms with E-state index in [2.05, 4.69) is 0 Å². The van der Waals surface area contributed by atoms with Crippen LogP contribution in [0.5, 0.6) is 0 Å². The summed E-state index contributed by atoms with van der Waals surface area (Å²) in [4.78, 5) is 13.6. The minimum absolute atomic E-state index is 0.0130. The molecule has 1 fully saturated rings. The molecule has 5 nitrogen and oxygen atoms in total. The third-order valence-electron chi connectivity index (χ3n) is 2.61. The van der Waals surface area contributed by atoms with E-state index in [1.54, 1.807) is 4.90 Å². The van der Waals surface area contributed by atoms with Gasteiger partial charge in [-0.25, -0.2) is 8.42 Å². The molecular formula is C11H21NO4S. The van der Waals surface area contributed by atoms with Crippen LogP contribution in [0.2, 0.25) is 0 Å². The van der Waals surface area contributed by atoms with Gasteiger partial charge in [0.25, 0.3) is 0 Å². The number of carbonyl (C=O) groups excluding carboxylic acids is 1. The molecule has 0 aliphatic carbocycles. The second-order valence-electron chi connectivity index (χ2n) is 5.34. The first kappa shape index (κ1) is 14.4. The average molecular weight is 263 g/mol. The van der Waals surface area contributed by atoms with Crippen molar-refractivity contribution in [1.82, 2.24) is 4.90 Å². The topological polar surface area (TPSA) is 63.7 Å². The summed E-state index contributed by atoms with van der Waals surface area (Å²) in [6.45, 7) is 6.82. The van der Waals surface area contributed by atoms with Crippen molar-refractivity contribution in [1.29, 1.82) is 0 Å². The molecule has 0 bridgehead atoms. The Balaban J connectivity index is 2.57. The molecule has 0 aromatic rings. The number of nitrogens with zero attached hydrogens (tertiary/aromatic N) is 1. The molecule has 0 N–H and O–H groups in total. The van der Waals surface area contributed by atoms with Crippen LogP contribution < -0.4 is 0 Å². The van der Waals surface area contributed by atoms with Crippen LogP contribution in [0.25, 0.3) is 0 Å². The molecule has 1 aliphatic rings. The number of sulfone groups is 1. The number of ether oxygens (including phenoxy) is 1. The first-order valence-corrected chi connectivity index (χ1v) is 7.78. The van der Waals surface area contributed by atoms with Crippen LogP contribution in [0, 0.1) is 0 Å². The molecule has 1 rings (SSSR count). The Bertz CT molecular complexity index is 388. The number of amides is 1. The number of carbonyl (C=O) groups is 1. The second kappa shape index (κ2) is 4.94. The Hall–Kier alpha value is -0.620. The van der Waals surface area contributed by atoms with Crippen LogP contribution in [-0.4, -0.2) is 56.0 Å². The fourth-order valence-corrected chi connectivity index (χ4v) is 2.62. The minimum atomic E-state index is -3.08. The van der Waals surface area contributed by atoms with Gasteiger partial charge >= 0.3 is 0 Å². The molecular weight excluding hydrogens is 242 g/mol. The summed E-state index contributed by atoms with van der Waals surface area (Å²) in [5.74, 6) is -0.198. The van der Waals surface area contributed by atoms with Gasteiger partial charge in [0.2, 0.25) is 5.91 Å². The monoisotopic (exact) mass is 263 g/mol. The Morgan fingerprint density at radius 3 is 2.53 bits per heavy atom. The normalized spacial score (nSPS) is 24.7. The van der Waals surface area contributed by atoms with Crippen molar-refractivity contribution in [3.05, 3.63) is 0 Å². The van der Waals surface area contributed by atoms with E-state index in [1.165, 1.54) is 0 Å². The van der Waals surface area contributed by atoms with Gasteiger partial charge in [-0.3, -0.25) is 4.79 Å². The SMILES string of the molecule is CC1CN(C(=O)CCS(C)(=O)=O)CC(C)(C)O1. The predicted molar refractivity (Wildman–Crippen MR) is 65.5 cm³/mol. The first-order chi connectivity index (χ1) is 7.59. The summed E-state index contributed by atoms with van der Waals surface area (Å²) in [5, 5.41) is 0. The molecule has 1 atom stereocenters. The van der Waals surface area contributed by atoms with Crippen molar-refractivity contribution in [3.8, 4) is 0 Å². The van der Waals surface area contributed by atoms with Gasteiger partial charge in [0.15, 0.2) is 0 Å². The van der Waals surface area contributed by atoms with Crippen LogP contribution in [0.3, 0.4) is 0 Å². The van der Waals surface area contributed by atoms with Gasteiger partial charge in [0.1, 0.15) is 9.84 Å². The van der Waals surface area contributed by atoms with Gasteiger partial charge in [-0.2, -0.15) is 0 Å². The van der Waals surface area contributed by atoms with Gasteiger partial charge in [-0.15, -0.1) is 0 Å². The highest BCUT2D eigenvalue weighted by atomic mass is 32.2. The smallest absolute Gasteiger partial charge is 0.223 e. The summed E-state index contributed by atoms with van der Waals surface area (Å²) < 4.78 is 27.7. The average Bonchev–Trinajstić information content (AvgIpc) is 2.09. The molecule has 17 heavy (non-hydrogen) atoms. The lowest BCUT2D eigenvalue weighted by Crippen LogP contribution is -2.54. The number of rotatable bonds is 3. The van der Waals surface area contributed by atoms with E-state index in [1.807, 2.05) is 20.8 Å². The van der Waals surface area contributed by atoms with E-state index in [0.29, 0.717) is 13.1 Å². The maximum Gasteiger partial charge on any atom is 0.223 e. The Kier molecular flexibility index (Phi) is 4.19. The lowest BCUT2D eigenvalue weighted by atomic mass is 10.1. The van der Waals surface area contributed by atoms with Crippen molar-refractivity contribution in [3.63, 3.8) is 0 Å². The standard InChI is InChI=1S/C11H21NO4S/c1-9-7-12(8-11(2,3)16-9)10(13)5-6-17(4,14)15/h9H,5-8H2,1-4H3. The third-order valence-corrected chi connectivity index (χ3v) is 3.55. The molecule has 1 amide bonds. The molecule has 1 unspecified atom stereocenters. The summed E-state index contributed by atoms with van der Waals surface area (Å²) in [5.41, 5.74) is -0.363. The first-order valence-electron chi connectivity index (χ1n) is 5.72. The van der Waals surface area contributed by atoms with Crippen molar-refractivity contribution in [2.45, 2.75) is 38.9 Å². The minimum Gasteiger partial charge on any atom is -0.369 e. The third kappa shape index (κ3) is 5.04. The number of hydrogen-bond donors (Lipinski definition) is 0. The van der Waals surface area contributed by atoms with Crippen LogP contribution in [0.1, 0.15) is 27.2 Å². The van der Waals surface area contributed by atoms with Crippen molar-refractivity contribution < 1.29 is 17.9 Å². The molecule has 6 heteroatoms. The van der Waals surface area contributed by atoms with E-state index >= 15 is 0 Å². The number of morpholine rings is 1. The zero-order valence-corrected chi connectivity index (χ0v) is 11.7. The molecule has 0 radical (unpaired) electrons. The molecule has 0 aromatic carbocycles. The van der Waals surface area contributed by atoms with E-state index < -0.39 is 9.84 Å². The highest BCUT2D eigenvalue weighted by Gasteiger charge is 2.33. The maximum atomic E-state index is 11.9. The lowest BCUT2D eigenvalue weighted by Gasteiger charge is -2.41. The van der Waals surface area contributed by atoms with Crippen molar-refractivity contribution in [2.75, 3.05) is 25.1 Å². The maximum absolute atomic E-state index is 11.9. The Morgan fingerprint density at radius 1 is 1.47 bits per heavy atom. The number of hydrogen-bond acceptors (Lipinski definition) is 4. The largest absolute Gasteiger partial charge is 0.369 e. The quantitative estimate of drug-likeness (QED) is 0.741. The summed E-state index contributed by atoms with van der Waals surface area (Å²) in [6.07, 6.45) is 1.19. The second-order valence-corrected chi connectivity index (χ2v) is 7.60. The van der Waals surface area contributed by atoms with E-state index in [9.17, 15) is 13.2 Å². The van der Waals surface area contributed by atoms with Crippen LogP contribution in [-0.2, 0) is 19.4 Å². The highest BCUT2D eigenvalue weighted by molar-refractivity contribution is 7.90. The molecule has 0 spiro atoms. The van der Waals surface area contributed by atoms with Crippen LogP contribution in [0.4, 0.5) is 0 Å². The fourth-order valence-electron chi connectivity index (χ4n) is 2.07. The summed E-state index contributed by atoms with van der Waals surface area (Å²) in [6, 6.07) is 0. The molecule has 0 aromatic heterocycles. The highest BCUT2D eigenvalue weighted by Crippen LogP contribution is 2.21. The van der Waals surface area contributed by atoms with E-state index in [0.717, 1.165) is 6.26 Å². The van der Waals surface area contributed by atoms with Crippen LogP contribution >= 0.6 is 0 Å². The predicted octanol–water partition coefficient (Wildman–Crippen LogP) is 0.447. The molecule has 1 heterocycles. The van der Waals surface area contributed by atoms with Gasteiger partial charge < -0.3 is 9.64 Å². The summed E-state index contributed by atoms with van der Waals surface area (Å²) in [7, 11) is -3.08. The molecule has 1 saturated heterocycles. The van der Waals surface area contributed by atoms with Gasteiger partial charge in [-0.1, -0.05) is 0 Å². The Labute approximate surface area is 103 Å². The Morgan fingerprint density at radius 2 is 2.06 bits per heavy atom. The van der Waals surface area contributed by atoms with Gasteiger partial charge in [0, 0.05) is 25.8 Å². The van der Waals surface area contributed by atoms with Gasteiger partial charge in [0.05, 0.1) is 17.5 Å². The van der Waals surface area contributed by atoms with Crippen molar-refractivity contribution in [2.24, 2.45) is 0 Å². The van der Waals surface area contributed by atoms with Gasteiger partial charge in [-0.05, 0) is 20.8 Å². The van der Waals surface area contributed by atoms with Crippen LogP contribution in [0.15, 0.2) is 0 Å². The van der Waals surface area contributed by atoms with E-state index in [4.69, 9.17) is 4.74 Å². The molecule has 100 valence electrons. The molecule has 1 aliphatic heterocycles. The van der Waals surface area contributed by atoms with Crippen molar-refractivity contribution >= 4 is 15.7 Å². The zero-order chi connectivity index (χ0) is 13.3. The zero-order valence-electron chi connectivity index (χ0n) is 10.9. The lowest BCUT2D eigenvalue weighted by molar-refractivity contribution is -0.157. The van der Waals surface area contributed by atoms with E-state index in [-0.39, 0.29) is 29.8 Å². The molecule has 0 saturated carbocycles.